The molecule has 0 radical (unpaired) electrons. The molecule has 0 spiro atoms. The lowest BCUT2D eigenvalue weighted by Crippen LogP contribution is -2.45. The number of nitrogens with zero attached hydrogens (tertiary/aromatic N) is 2. The maximum Gasteiger partial charge on any atom is 0.322 e. The summed E-state index contributed by atoms with van der Waals surface area (Å²) in [6.45, 7) is 0.598. The van der Waals surface area contributed by atoms with E-state index < -0.39 is 0 Å². The summed E-state index contributed by atoms with van der Waals surface area (Å²) in [4.78, 5) is 29.0. The van der Waals surface area contributed by atoms with Crippen molar-refractivity contribution in [1.29, 1.82) is 0 Å². The molecule has 3 amide bonds. The van der Waals surface area contributed by atoms with Gasteiger partial charge in [-0.25, -0.2) is 4.79 Å². The minimum Gasteiger partial charge on any atom is -0.497 e. The predicted octanol–water partition coefficient (Wildman–Crippen LogP) is 3.59. The number of rotatable bonds is 3. The second-order valence-electron chi connectivity index (χ2n) is 7.48. The number of para-hydroxylation sites is 1. The number of anilines is 1. The highest BCUT2D eigenvalue weighted by Gasteiger charge is 2.42. The molecule has 6 heteroatoms. The fourth-order valence-electron chi connectivity index (χ4n) is 4.26. The van der Waals surface area contributed by atoms with E-state index in [-0.39, 0.29) is 24.0 Å². The first-order chi connectivity index (χ1) is 13.6. The highest BCUT2D eigenvalue weighted by atomic mass is 16.5. The predicted molar refractivity (Wildman–Crippen MR) is 108 cm³/mol. The summed E-state index contributed by atoms with van der Waals surface area (Å²) in [5.74, 6) is 0.882. The SMILES string of the molecule is COc1cccc(-c2ccccc2NC(=O)N2[C@@H]3CC[C@H]2CN(C)C(=O)C3)c1. The van der Waals surface area contributed by atoms with Gasteiger partial charge >= 0.3 is 6.03 Å². The largest absolute Gasteiger partial charge is 0.497 e. The van der Waals surface area contributed by atoms with Crippen LogP contribution in [0.25, 0.3) is 11.1 Å². The number of nitrogens with one attached hydrogen (secondary N) is 1. The molecule has 2 heterocycles. The van der Waals surface area contributed by atoms with Gasteiger partial charge in [0.15, 0.2) is 0 Å². The molecule has 2 aromatic carbocycles. The van der Waals surface area contributed by atoms with E-state index in [0.29, 0.717) is 13.0 Å². The maximum absolute atomic E-state index is 13.2. The molecular weight excluding hydrogens is 354 g/mol. The first kappa shape index (κ1) is 18.3. The lowest BCUT2D eigenvalue weighted by molar-refractivity contribution is -0.130. The Morgan fingerprint density at radius 3 is 2.71 bits per heavy atom. The molecule has 2 bridgehead atoms. The van der Waals surface area contributed by atoms with Crippen LogP contribution in [0.5, 0.6) is 5.75 Å². The molecule has 0 saturated carbocycles. The molecule has 2 fully saturated rings. The average molecular weight is 379 g/mol. The molecule has 1 N–H and O–H groups in total. The standard InChI is InChI=1S/C22H25N3O3/c1-24-14-17-11-10-16(13-21(24)26)25(17)22(27)23-20-9-4-3-8-19(20)15-6-5-7-18(12-15)28-2/h3-9,12,16-17H,10-11,13-14H2,1-2H3,(H,23,27)/t16-,17+/m1/s1. The normalized spacial score (nSPS) is 21.4. The van der Waals surface area contributed by atoms with Crippen molar-refractivity contribution in [3.63, 3.8) is 0 Å². The number of benzene rings is 2. The van der Waals surface area contributed by atoms with Crippen molar-refractivity contribution in [1.82, 2.24) is 9.80 Å². The van der Waals surface area contributed by atoms with E-state index in [9.17, 15) is 9.59 Å². The van der Waals surface area contributed by atoms with Crippen LogP contribution in [0.2, 0.25) is 0 Å². The van der Waals surface area contributed by atoms with Gasteiger partial charge in [0.25, 0.3) is 0 Å². The highest BCUT2D eigenvalue weighted by Crippen LogP contribution is 2.33. The van der Waals surface area contributed by atoms with Crippen LogP contribution in [-0.2, 0) is 4.79 Å². The van der Waals surface area contributed by atoms with E-state index in [1.807, 2.05) is 60.5 Å². The highest BCUT2D eigenvalue weighted by molar-refractivity contribution is 5.95. The number of hydrogen-bond acceptors (Lipinski definition) is 3. The van der Waals surface area contributed by atoms with Crippen molar-refractivity contribution in [2.24, 2.45) is 0 Å². The Morgan fingerprint density at radius 2 is 1.89 bits per heavy atom. The number of methoxy groups -OCH3 is 1. The number of fused-ring (bicyclic) bond motifs is 2. The second-order valence-corrected chi connectivity index (χ2v) is 7.48. The minimum absolute atomic E-state index is 0.0218. The van der Waals surface area contributed by atoms with Crippen molar-refractivity contribution in [3.8, 4) is 16.9 Å². The molecule has 0 aromatic heterocycles. The van der Waals surface area contributed by atoms with E-state index in [4.69, 9.17) is 4.74 Å². The number of carbonyl (C=O) groups excluding carboxylic acids is 2. The molecule has 28 heavy (non-hydrogen) atoms. The van der Waals surface area contributed by atoms with Gasteiger partial charge in [-0.15, -0.1) is 0 Å². The zero-order valence-corrected chi connectivity index (χ0v) is 16.2. The number of amides is 3. The first-order valence-corrected chi connectivity index (χ1v) is 9.63. The Hall–Kier alpha value is -3.02. The van der Waals surface area contributed by atoms with Gasteiger partial charge in [0.1, 0.15) is 5.75 Å². The zero-order chi connectivity index (χ0) is 19.7. The summed E-state index contributed by atoms with van der Waals surface area (Å²) in [6.07, 6.45) is 2.22. The molecule has 146 valence electrons. The number of likely N-dealkylation sites (tertiary alicyclic amines) is 1. The number of carbonyl (C=O) groups is 2. The van der Waals surface area contributed by atoms with Crippen molar-refractivity contribution in [2.75, 3.05) is 26.0 Å². The van der Waals surface area contributed by atoms with Crippen LogP contribution in [0.1, 0.15) is 19.3 Å². The smallest absolute Gasteiger partial charge is 0.322 e. The molecule has 4 rings (SSSR count). The summed E-state index contributed by atoms with van der Waals surface area (Å²) in [6, 6.07) is 15.5. The van der Waals surface area contributed by atoms with Crippen molar-refractivity contribution in [3.05, 3.63) is 48.5 Å². The van der Waals surface area contributed by atoms with Gasteiger partial charge in [-0.3, -0.25) is 4.79 Å². The van der Waals surface area contributed by atoms with Crippen LogP contribution in [0.3, 0.4) is 0 Å². The van der Waals surface area contributed by atoms with Crippen LogP contribution in [0.15, 0.2) is 48.5 Å². The monoisotopic (exact) mass is 379 g/mol. The zero-order valence-electron chi connectivity index (χ0n) is 16.2. The third-order valence-corrected chi connectivity index (χ3v) is 5.72. The van der Waals surface area contributed by atoms with E-state index >= 15 is 0 Å². The van der Waals surface area contributed by atoms with Gasteiger partial charge < -0.3 is 19.9 Å². The molecule has 2 aromatic rings. The van der Waals surface area contributed by atoms with Gasteiger partial charge in [-0.05, 0) is 36.6 Å². The number of hydrogen-bond donors (Lipinski definition) is 1. The summed E-state index contributed by atoms with van der Waals surface area (Å²) < 4.78 is 5.33. The molecule has 2 aliphatic rings. The Morgan fingerprint density at radius 1 is 1.11 bits per heavy atom. The van der Waals surface area contributed by atoms with E-state index in [2.05, 4.69) is 5.32 Å². The molecule has 2 aliphatic heterocycles. The van der Waals surface area contributed by atoms with Crippen LogP contribution in [-0.4, -0.2) is 54.5 Å². The van der Waals surface area contributed by atoms with Crippen LogP contribution >= 0.6 is 0 Å². The van der Waals surface area contributed by atoms with E-state index in [1.165, 1.54) is 0 Å². The van der Waals surface area contributed by atoms with Crippen LogP contribution in [0.4, 0.5) is 10.5 Å². The molecule has 6 nitrogen and oxygen atoms in total. The lowest BCUT2D eigenvalue weighted by Gasteiger charge is -2.28. The van der Waals surface area contributed by atoms with Crippen molar-refractivity contribution >= 4 is 17.6 Å². The fraction of sp³-hybridized carbons (Fsp3) is 0.364. The van der Waals surface area contributed by atoms with Gasteiger partial charge in [0, 0.05) is 31.6 Å². The van der Waals surface area contributed by atoms with Crippen LogP contribution < -0.4 is 10.1 Å². The third-order valence-electron chi connectivity index (χ3n) is 5.72. The quantitative estimate of drug-likeness (QED) is 0.887. The number of likely N-dealkylation sites (N-methyl/N-ethyl adjacent to an activating group) is 1. The Labute approximate surface area is 165 Å². The van der Waals surface area contributed by atoms with Crippen LogP contribution in [0, 0.1) is 0 Å². The average Bonchev–Trinajstić information content (AvgIpc) is 3.04. The van der Waals surface area contributed by atoms with Crippen molar-refractivity contribution < 1.29 is 14.3 Å². The molecule has 0 aliphatic carbocycles. The topological polar surface area (TPSA) is 61.9 Å². The maximum atomic E-state index is 13.2. The number of ether oxygens (including phenoxy) is 1. The Bertz CT molecular complexity index is 898. The molecular formula is C22H25N3O3. The Balaban J connectivity index is 1.60. The van der Waals surface area contributed by atoms with Crippen molar-refractivity contribution in [2.45, 2.75) is 31.3 Å². The minimum atomic E-state index is -0.133. The van der Waals surface area contributed by atoms with Gasteiger partial charge in [0.2, 0.25) is 5.91 Å². The fourth-order valence-corrected chi connectivity index (χ4v) is 4.26. The lowest BCUT2D eigenvalue weighted by atomic mass is 10.0. The molecule has 0 unspecified atom stereocenters. The van der Waals surface area contributed by atoms with Gasteiger partial charge in [-0.2, -0.15) is 0 Å². The summed E-state index contributed by atoms with van der Waals surface area (Å²) in [5, 5.41) is 3.09. The van der Waals surface area contributed by atoms with Gasteiger partial charge in [0.05, 0.1) is 18.8 Å². The second kappa shape index (κ2) is 7.54. The summed E-state index contributed by atoms with van der Waals surface area (Å²) in [7, 11) is 3.46. The third kappa shape index (κ3) is 3.42. The molecule has 2 saturated heterocycles. The Kier molecular flexibility index (Phi) is 4.94. The summed E-state index contributed by atoms with van der Waals surface area (Å²) >= 11 is 0. The number of urea groups is 1. The molecule has 2 atom stereocenters. The first-order valence-electron chi connectivity index (χ1n) is 9.63. The summed E-state index contributed by atoms with van der Waals surface area (Å²) in [5.41, 5.74) is 2.66. The van der Waals surface area contributed by atoms with E-state index in [1.54, 1.807) is 12.0 Å². The van der Waals surface area contributed by atoms with E-state index in [0.717, 1.165) is 35.4 Å². The van der Waals surface area contributed by atoms with Gasteiger partial charge in [-0.1, -0.05) is 30.3 Å².